The molecule has 2 aliphatic rings. The first-order valence-corrected chi connectivity index (χ1v) is 12.2. The maximum Gasteiger partial charge on any atom is 0.273 e. The monoisotopic (exact) mass is 481 g/mol. The average molecular weight is 482 g/mol. The van der Waals surface area contributed by atoms with Crippen molar-refractivity contribution in [2.75, 3.05) is 13.2 Å². The van der Waals surface area contributed by atoms with Crippen molar-refractivity contribution in [2.24, 2.45) is 0 Å². The highest BCUT2D eigenvalue weighted by atomic mass is 16.5. The van der Waals surface area contributed by atoms with Crippen LogP contribution in [0.25, 0.3) is 11.3 Å². The lowest BCUT2D eigenvalue weighted by atomic mass is 9.95. The number of hydrogen-bond acceptors (Lipinski definition) is 5. The number of H-pyrrole nitrogens is 1. The first-order valence-electron chi connectivity index (χ1n) is 12.2. The van der Waals surface area contributed by atoms with Gasteiger partial charge in [0.25, 0.3) is 5.91 Å². The molecule has 7 heteroatoms. The van der Waals surface area contributed by atoms with Gasteiger partial charge in [-0.15, -0.1) is 0 Å². The molecule has 0 radical (unpaired) electrons. The molecule has 0 bridgehead atoms. The minimum atomic E-state index is -0.384. The highest BCUT2D eigenvalue weighted by molar-refractivity contribution is 6.00. The van der Waals surface area contributed by atoms with Crippen LogP contribution < -0.4 is 4.74 Å². The van der Waals surface area contributed by atoms with Crippen LogP contribution in [0, 0.1) is 0 Å². The van der Waals surface area contributed by atoms with E-state index in [-0.39, 0.29) is 23.8 Å². The van der Waals surface area contributed by atoms with Crippen molar-refractivity contribution in [1.82, 2.24) is 15.1 Å². The van der Waals surface area contributed by atoms with Gasteiger partial charge in [-0.3, -0.25) is 9.89 Å². The fourth-order valence-electron chi connectivity index (χ4n) is 5.13. The van der Waals surface area contributed by atoms with Crippen LogP contribution >= 0.6 is 0 Å². The number of nitrogens with one attached hydrogen (secondary N) is 1. The molecule has 182 valence electrons. The number of hydrogen-bond donors (Lipinski definition) is 2. The number of ether oxygens (including phenoxy) is 2. The molecule has 1 saturated heterocycles. The Balaban J connectivity index is 1.39. The first-order chi connectivity index (χ1) is 17.7. The van der Waals surface area contributed by atoms with Crippen LogP contribution in [0.4, 0.5) is 0 Å². The smallest absolute Gasteiger partial charge is 0.273 e. The van der Waals surface area contributed by atoms with Crippen LogP contribution in [0.5, 0.6) is 11.5 Å². The Morgan fingerprint density at radius 3 is 2.69 bits per heavy atom. The number of aromatic hydroxyl groups is 1. The lowest BCUT2D eigenvalue weighted by Gasteiger charge is -2.28. The third-order valence-electron chi connectivity index (χ3n) is 6.87. The molecule has 0 unspecified atom stereocenters. The topological polar surface area (TPSA) is 87.7 Å². The van der Waals surface area contributed by atoms with E-state index in [1.165, 1.54) is 0 Å². The number of fused-ring (bicyclic) bond motifs is 1. The summed E-state index contributed by atoms with van der Waals surface area (Å²) in [5.41, 5.74) is 4.38. The Morgan fingerprint density at radius 1 is 1.06 bits per heavy atom. The van der Waals surface area contributed by atoms with Crippen molar-refractivity contribution in [1.29, 1.82) is 0 Å². The van der Waals surface area contributed by atoms with E-state index in [1.54, 1.807) is 12.1 Å². The van der Waals surface area contributed by atoms with E-state index in [0.29, 0.717) is 30.1 Å². The molecule has 0 aliphatic carbocycles. The second-order valence-corrected chi connectivity index (χ2v) is 9.22. The van der Waals surface area contributed by atoms with E-state index in [2.05, 4.69) is 10.2 Å². The summed E-state index contributed by atoms with van der Waals surface area (Å²) in [7, 11) is 0. The summed E-state index contributed by atoms with van der Waals surface area (Å²) in [6.07, 6.45) is 1.92. The zero-order valence-corrected chi connectivity index (χ0v) is 19.8. The highest BCUT2D eigenvalue weighted by Crippen LogP contribution is 2.45. The van der Waals surface area contributed by atoms with Crippen molar-refractivity contribution in [3.8, 4) is 22.8 Å². The van der Waals surface area contributed by atoms with Crippen LogP contribution in [0.1, 0.15) is 46.1 Å². The van der Waals surface area contributed by atoms with Crippen molar-refractivity contribution < 1.29 is 19.4 Å². The first kappa shape index (κ1) is 22.4. The van der Waals surface area contributed by atoms with Gasteiger partial charge in [0.1, 0.15) is 29.5 Å². The minimum absolute atomic E-state index is 0.000457. The maximum atomic E-state index is 13.6. The number of para-hydroxylation sites is 1. The van der Waals surface area contributed by atoms with Gasteiger partial charge >= 0.3 is 0 Å². The fraction of sp³-hybridized carbons (Fsp3) is 0.241. The molecule has 1 fully saturated rings. The SMILES string of the molecule is O=C1c2[nH]nc(-c3ccccc3O)c2[C@H](c2cccc(OCc3ccccc3)c2)N1C[C@H]1CCCO1. The Kier molecular flexibility index (Phi) is 5.91. The van der Waals surface area contributed by atoms with E-state index in [1.807, 2.05) is 71.6 Å². The highest BCUT2D eigenvalue weighted by Gasteiger charge is 2.43. The molecular formula is C29H27N3O4. The van der Waals surface area contributed by atoms with Crippen LogP contribution in [-0.4, -0.2) is 45.4 Å². The van der Waals surface area contributed by atoms with E-state index < -0.39 is 0 Å². The molecule has 1 aromatic heterocycles. The van der Waals surface area contributed by atoms with Gasteiger partial charge in [0.2, 0.25) is 0 Å². The summed E-state index contributed by atoms with van der Waals surface area (Å²) in [5.74, 6) is 0.729. The van der Waals surface area contributed by atoms with Gasteiger partial charge in [-0.25, -0.2) is 0 Å². The van der Waals surface area contributed by atoms with E-state index in [0.717, 1.165) is 41.9 Å². The molecule has 4 aromatic rings. The van der Waals surface area contributed by atoms with Crippen LogP contribution in [0.3, 0.4) is 0 Å². The van der Waals surface area contributed by atoms with Gasteiger partial charge in [0.05, 0.1) is 12.1 Å². The molecule has 1 amide bonds. The fourth-order valence-corrected chi connectivity index (χ4v) is 5.13. The van der Waals surface area contributed by atoms with Crippen LogP contribution in [0.15, 0.2) is 78.9 Å². The molecule has 6 rings (SSSR count). The number of aromatic nitrogens is 2. The second kappa shape index (κ2) is 9.51. The quantitative estimate of drug-likeness (QED) is 0.384. The number of rotatable bonds is 7. The van der Waals surface area contributed by atoms with Gasteiger partial charge in [0.15, 0.2) is 0 Å². The molecule has 0 saturated carbocycles. The van der Waals surface area contributed by atoms with Crippen LogP contribution in [0.2, 0.25) is 0 Å². The number of phenolic OH excluding ortho intramolecular Hbond substituents is 1. The Hall–Kier alpha value is -4.10. The van der Waals surface area contributed by atoms with E-state index in [9.17, 15) is 9.90 Å². The number of phenols is 1. The molecule has 36 heavy (non-hydrogen) atoms. The minimum Gasteiger partial charge on any atom is -0.507 e. The number of carbonyl (C=O) groups is 1. The van der Waals surface area contributed by atoms with Crippen molar-refractivity contribution in [3.63, 3.8) is 0 Å². The van der Waals surface area contributed by atoms with E-state index >= 15 is 0 Å². The standard InChI is InChI=1S/C29H27N3O4/c33-24-14-5-4-13-23(24)26-25-27(31-30-26)29(34)32(17-22-12-7-15-35-22)28(25)20-10-6-11-21(16-20)36-18-19-8-2-1-3-9-19/h1-6,8-11,13-14,16,22,28,33H,7,12,15,17-18H2,(H,30,31)/t22-,28+/m1/s1. The summed E-state index contributed by atoms with van der Waals surface area (Å²) in [5, 5.41) is 18.0. The number of amides is 1. The van der Waals surface area contributed by atoms with Crippen LogP contribution in [-0.2, 0) is 11.3 Å². The molecule has 2 N–H and O–H groups in total. The molecule has 2 aliphatic heterocycles. The Bertz CT molecular complexity index is 1380. The predicted octanol–water partition coefficient (Wildman–Crippen LogP) is 5.09. The third-order valence-corrected chi connectivity index (χ3v) is 6.87. The normalized spacial score (nSPS) is 19.0. The van der Waals surface area contributed by atoms with Crippen molar-refractivity contribution in [2.45, 2.75) is 31.6 Å². The lowest BCUT2D eigenvalue weighted by Crippen LogP contribution is -2.36. The van der Waals surface area contributed by atoms with Gasteiger partial charge in [-0.05, 0) is 48.2 Å². The number of carbonyl (C=O) groups excluding carboxylic acids is 1. The molecule has 0 spiro atoms. The zero-order chi connectivity index (χ0) is 24.5. The second-order valence-electron chi connectivity index (χ2n) is 9.22. The number of nitrogens with zero attached hydrogens (tertiary/aromatic N) is 2. The van der Waals surface area contributed by atoms with Crippen molar-refractivity contribution in [3.05, 3.63) is 101 Å². The third kappa shape index (κ3) is 4.12. The van der Waals surface area contributed by atoms with E-state index in [4.69, 9.17) is 9.47 Å². The lowest BCUT2D eigenvalue weighted by molar-refractivity contribution is 0.0495. The predicted molar refractivity (Wildman–Crippen MR) is 135 cm³/mol. The Morgan fingerprint density at radius 2 is 1.89 bits per heavy atom. The average Bonchev–Trinajstić information content (AvgIpc) is 3.64. The molecule has 2 atom stereocenters. The Labute approximate surface area is 209 Å². The van der Waals surface area contributed by atoms with Gasteiger partial charge in [0, 0.05) is 24.3 Å². The molecule has 7 nitrogen and oxygen atoms in total. The zero-order valence-electron chi connectivity index (χ0n) is 19.8. The summed E-state index contributed by atoms with van der Waals surface area (Å²) < 4.78 is 12.0. The molecule has 3 heterocycles. The summed E-state index contributed by atoms with van der Waals surface area (Å²) in [4.78, 5) is 15.5. The summed E-state index contributed by atoms with van der Waals surface area (Å²) in [6.45, 7) is 1.66. The largest absolute Gasteiger partial charge is 0.507 e. The summed E-state index contributed by atoms with van der Waals surface area (Å²) >= 11 is 0. The summed E-state index contributed by atoms with van der Waals surface area (Å²) in [6, 6.07) is 24.6. The molecule has 3 aromatic carbocycles. The molecular weight excluding hydrogens is 454 g/mol. The van der Waals surface area contributed by atoms with Gasteiger partial charge in [-0.2, -0.15) is 5.10 Å². The van der Waals surface area contributed by atoms with Gasteiger partial charge < -0.3 is 19.5 Å². The number of aromatic amines is 1. The van der Waals surface area contributed by atoms with Crippen molar-refractivity contribution >= 4 is 5.91 Å². The van der Waals surface area contributed by atoms with Gasteiger partial charge in [-0.1, -0.05) is 54.6 Å². The number of benzene rings is 3. The maximum absolute atomic E-state index is 13.6.